The van der Waals surface area contributed by atoms with Crippen molar-refractivity contribution in [1.82, 2.24) is 9.55 Å². The molecule has 1 aromatic carbocycles. The number of benzene rings is 1. The van der Waals surface area contributed by atoms with Gasteiger partial charge in [-0.2, -0.15) is 13.2 Å². The van der Waals surface area contributed by atoms with Crippen LogP contribution in [0.2, 0.25) is 5.02 Å². The zero-order chi connectivity index (χ0) is 19.6. The summed E-state index contributed by atoms with van der Waals surface area (Å²) >= 11 is 5.70. The van der Waals surface area contributed by atoms with Crippen molar-refractivity contribution in [2.45, 2.75) is 6.18 Å². The number of aromatic nitrogens is 2. The Bertz CT molecular complexity index is 936. The van der Waals surface area contributed by atoms with Gasteiger partial charge in [0.25, 0.3) is 5.56 Å². The molecular weight excluding hydrogens is 388 g/mol. The van der Waals surface area contributed by atoms with Crippen molar-refractivity contribution in [3.05, 3.63) is 61.1 Å². The van der Waals surface area contributed by atoms with E-state index < -0.39 is 64.4 Å². The zero-order valence-corrected chi connectivity index (χ0v) is 13.3. The number of carbonyl (C=O) groups excluding carboxylic acids is 1. The number of aliphatic hydroxyl groups excluding tert-OH is 1. The molecule has 0 saturated carbocycles. The molecule has 2 N–H and O–H groups in total. The summed E-state index contributed by atoms with van der Waals surface area (Å²) in [5.74, 6) is -2.33. The van der Waals surface area contributed by atoms with Gasteiger partial charge in [0.05, 0.1) is 22.9 Å². The van der Waals surface area contributed by atoms with E-state index in [-0.39, 0.29) is 10.6 Å². The van der Waals surface area contributed by atoms with E-state index in [4.69, 9.17) is 16.7 Å². The summed E-state index contributed by atoms with van der Waals surface area (Å²) in [5.41, 5.74) is -5.91. The Labute approximate surface area is 146 Å². The zero-order valence-electron chi connectivity index (χ0n) is 12.6. The van der Waals surface area contributed by atoms with Crippen LogP contribution in [0.1, 0.15) is 16.1 Å². The van der Waals surface area contributed by atoms with E-state index in [9.17, 15) is 31.9 Å². The van der Waals surface area contributed by atoms with Crippen molar-refractivity contribution in [1.29, 1.82) is 0 Å². The Morgan fingerprint density at radius 1 is 1.27 bits per heavy atom. The van der Waals surface area contributed by atoms with E-state index in [0.717, 1.165) is 0 Å². The molecule has 0 saturated heterocycles. The lowest BCUT2D eigenvalue weighted by molar-refractivity contribution is -0.141. The minimum atomic E-state index is -4.99. The molecule has 0 radical (unpaired) electrons. The number of hydrogen-bond acceptors (Lipinski definition) is 5. The Morgan fingerprint density at radius 3 is 2.46 bits per heavy atom. The molecule has 12 heteroatoms. The highest BCUT2D eigenvalue weighted by atomic mass is 35.5. The maximum atomic E-state index is 14.1. The number of aliphatic hydroxyl groups is 1. The lowest BCUT2D eigenvalue weighted by atomic mass is 10.2. The van der Waals surface area contributed by atoms with Gasteiger partial charge in [0.15, 0.2) is 0 Å². The molecule has 0 bridgehead atoms. The maximum absolute atomic E-state index is 14.1. The number of ether oxygens (including phenoxy) is 1. The topological polar surface area (TPSA) is 101 Å². The second-order valence-electron chi connectivity index (χ2n) is 4.80. The number of alkyl halides is 3. The summed E-state index contributed by atoms with van der Waals surface area (Å²) in [5, 5.41) is 8.19. The van der Waals surface area contributed by atoms with E-state index in [0.29, 0.717) is 12.1 Å². The van der Waals surface area contributed by atoms with Crippen LogP contribution in [0, 0.1) is 5.82 Å². The SMILES string of the molecule is O=C(OCCO)c1cc(-n2c(=O)cc(C(F)(F)F)[nH]c2=O)c(F)cc1Cl. The van der Waals surface area contributed by atoms with Crippen molar-refractivity contribution < 1.29 is 32.2 Å². The Balaban J connectivity index is 2.64. The number of carbonyl (C=O) groups is 1. The fraction of sp³-hybridized carbons (Fsp3) is 0.214. The van der Waals surface area contributed by atoms with Crippen LogP contribution in [-0.4, -0.2) is 33.8 Å². The second-order valence-corrected chi connectivity index (χ2v) is 5.21. The molecule has 140 valence electrons. The Hall–Kier alpha value is -2.66. The molecule has 0 aliphatic rings. The standard InChI is InChI=1S/C14H9ClF4N2O5/c15-7-4-8(16)9(3-6(7)12(24)26-2-1-22)21-11(23)5-10(14(17,18)19)20-13(21)25/h3-5,22H,1-2H2,(H,20,25). The van der Waals surface area contributed by atoms with Crippen LogP contribution < -0.4 is 11.2 Å². The van der Waals surface area contributed by atoms with Gasteiger partial charge in [0, 0.05) is 6.07 Å². The molecule has 0 aliphatic carbocycles. The minimum Gasteiger partial charge on any atom is -0.460 e. The van der Waals surface area contributed by atoms with Crippen LogP contribution in [0.3, 0.4) is 0 Å². The first-order valence-corrected chi connectivity index (χ1v) is 7.15. The molecule has 26 heavy (non-hydrogen) atoms. The normalized spacial score (nSPS) is 11.5. The molecule has 0 unspecified atom stereocenters. The molecule has 1 aromatic heterocycles. The van der Waals surface area contributed by atoms with Crippen LogP contribution in [0.25, 0.3) is 5.69 Å². The van der Waals surface area contributed by atoms with E-state index in [1.54, 1.807) is 0 Å². The highest BCUT2D eigenvalue weighted by Gasteiger charge is 2.33. The van der Waals surface area contributed by atoms with Crippen molar-refractivity contribution >= 4 is 17.6 Å². The second kappa shape index (κ2) is 7.30. The van der Waals surface area contributed by atoms with Gasteiger partial charge in [0.2, 0.25) is 0 Å². The molecule has 7 nitrogen and oxygen atoms in total. The van der Waals surface area contributed by atoms with Gasteiger partial charge in [-0.25, -0.2) is 18.5 Å². The summed E-state index contributed by atoms with van der Waals surface area (Å²) in [6.07, 6.45) is -4.99. The first kappa shape index (κ1) is 19.7. The molecule has 2 rings (SSSR count). The number of rotatable bonds is 4. The number of aromatic amines is 1. The molecule has 2 aromatic rings. The Kier molecular flexibility index (Phi) is 5.52. The summed E-state index contributed by atoms with van der Waals surface area (Å²) in [6, 6.07) is 1.34. The summed E-state index contributed by atoms with van der Waals surface area (Å²) in [6.45, 7) is -0.905. The summed E-state index contributed by atoms with van der Waals surface area (Å²) in [4.78, 5) is 37.0. The largest absolute Gasteiger partial charge is 0.460 e. The van der Waals surface area contributed by atoms with E-state index in [2.05, 4.69) is 4.74 Å². The molecule has 0 aliphatic heterocycles. The van der Waals surface area contributed by atoms with Gasteiger partial charge in [-0.1, -0.05) is 11.6 Å². The van der Waals surface area contributed by atoms with Crippen LogP contribution in [0.15, 0.2) is 27.8 Å². The number of halogens is 5. The predicted octanol–water partition coefficient (Wildman–Crippen LogP) is 1.49. The van der Waals surface area contributed by atoms with Gasteiger partial charge in [-0.15, -0.1) is 0 Å². The lowest BCUT2D eigenvalue weighted by Crippen LogP contribution is -2.36. The fourth-order valence-electron chi connectivity index (χ4n) is 1.96. The van der Waals surface area contributed by atoms with Gasteiger partial charge in [0.1, 0.15) is 18.1 Å². The van der Waals surface area contributed by atoms with E-state index in [1.165, 1.54) is 4.98 Å². The molecule has 0 spiro atoms. The number of nitrogens with zero attached hydrogens (tertiary/aromatic N) is 1. The number of H-pyrrole nitrogens is 1. The Morgan fingerprint density at radius 2 is 1.92 bits per heavy atom. The average molecular weight is 397 g/mol. The smallest absolute Gasteiger partial charge is 0.431 e. The molecule has 1 heterocycles. The van der Waals surface area contributed by atoms with Gasteiger partial charge in [-0.3, -0.25) is 4.79 Å². The third-order valence-electron chi connectivity index (χ3n) is 3.06. The summed E-state index contributed by atoms with van der Waals surface area (Å²) < 4.78 is 56.6. The first-order chi connectivity index (χ1) is 12.1. The van der Waals surface area contributed by atoms with E-state index >= 15 is 0 Å². The number of esters is 1. The van der Waals surface area contributed by atoms with Crippen LogP contribution >= 0.6 is 11.6 Å². The monoisotopic (exact) mass is 396 g/mol. The molecule has 0 amide bonds. The van der Waals surface area contributed by atoms with Gasteiger partial charge >= 0.3 is 17.8 Å². The summed E-state index contributed by atoms with van der Waals surface area (Å²) in [7, 11) is 0. The highest BCUT2D eigenvalue weighted by Crippen LogP contribution is 2.26. The lowest BCUT2D eigenvalue weighted by Gasteiger charge is -2.12. The van der Waals surface area contributed by atoms with Crippen molar-refractivity contribution in [2.24, 2.45) is 0 Å². The van der Waals surface area contributed by atoms with Crippen LogP contribution in [0.4, 0.5) is 17.6 Å². The van der Waals surface area contributed by atoms with Crippen molar-refractivity contribution in [3.8, 4) is 5.69 Å². The molecule has 0 atom stereocenters. The van der Waals surface area contributed by atoms with Crippen LogP contribution in [0.5, 0.6) is 0 Å². The third kappa shape index (κ3) is 3.94. The van der Waals surface area contributed by atoms with Crippen molar-refractivity contribution in [3.63, 3.8) is 0 Å². The fourth-order valence-corrected chi connectivity index (χ4v) is 2.19. The highest BCUT2D eigenvalue weighted by molar-refractivity contribution is 6.33. The van der Waals surface area contributed by atoms with Crippen LogP contribution in [-0.2, 0) is 10.9 Å². The number of hydrogen-bond donors (Lipinski definition) is 2. The molecular formula is C14H9ClF4N2O5. The van der Waals surface area contributed by atoms with Gasteiger partial charge < -0.3 is 14.8 Å². The molecule has 0 fully saturated rings. The first-order valence-electron chi connectivity index (χ1n) is 6.77. The third-order valence-corrected chi connectivity index (χ3v) is 3.37. The quantitative estimate of drug-likeness (QED) is 0.602. The minimum absolute atomic E-state index is 0.0687. The predicted molar refractivity (Wildman–Crippen MR) is 80.0 cm³/mol. The van der Waals surface area contributed by atoms with Gasteiger partial charge in [-0.05, 0) is 12.1 Å². The van der Waals surface area contributed by atoms with Crippen molar-refractivity contribution in [2.75, 3.05) is 13.2 Å². The van der Waals surface area contributed by atoms with E-state index in [1.807, 2.05) is 0 Å². The average Bonchev–Trinajstić information content (AvgIpc) is 2.52. The number of nitrogens with one attached hydrogen (secondary N) is 1. The maximum Gasteiger partial charge on any atom is 0.431 e.